The van der Waals surface area contributed by atoms with Crippen molar-refractivity contribution < 1.29 is 5.11 Å². The number of nitrogens with one attached hydrogen (secondary N) is 1. The van der Waals surface area contributed by atoms with Crippen molar-refractivity contribution >= 4 is 22.6 Å². The molecule has 0 radical (unpaired) electrons. The van der Waals surface area contributed by atoms with Gasteiger partial charge in [-0.3, -0.25) is 5.41 Å². The molecule has 0 aliphatic carbocycles. The summed E-state index contributed by atoms with van der Waals surface area (Å²) in [5.74, 6) is 0.966. The van der Waals surface area contributed by atoms with Crippen LogP contribution in [-0.2, 0) is 0 Å². The second-order valence-electron chi connectivity index (χ2n) is 5.75. The van der Waals surface area contributed by atoms with Crippen LogP contribution in [0.15, 0.2) is 30.3 Å². The van der Waals surface area contributed by atoms with Gasteiger partial charge < -0.3 is 15.7 Å². The average Bonchev–Trinajstić information content (AvgIpc) is 2.48. The lowest BCUT2D eigenvalue weighted by atomic mass is 9.96. The molecule has 21 heavy (non-hydrogen) atoms. The number of nitrogens with two attached hydrogens (primary N) is 1. The summed E-state index contributed by atoms with van der Waals surface area (Å²) in [5, 5.41) is 18.7. The first kappa shape index (κ1) is 13.8. The minimum Gasteiger partial charge on any atom is -0.393 e. The Morgan fingerprint density at radius 3 is 2.90 bits per heavy atom. The summed E-state index contributed by atoms with van der Waals surface area (Å²) in [6.45, 7) is 3.50. The molecule has 4 N–H and O–H groups in total. The number of anilines is 1. The van der Waals surface area contributed by atoms with Gasteiger partial charge in [0.15, 0.2) is 0 Å². The van der Waals surface area contributed by atoms with Crippen molar-refractivity contribution in [2.24, 2.45) is 11.7 Å². The van der Waals surface area contributed by atoms with Crippen LogP contribution in [0.3, 0.4) is 0 Å². The number of piperidine rings is 1. The summed E-state index contributed by atoms with van der Waals surface area (Å²) in [5.41, 5.74) is 7.30. The molecule has 5 heteroatoms. The molecule has 1 aliphatic heterocycles. The van der Waals surface area contributed by atoms with E-state index in [0.717, 1.165) is 29.8 Å². The van der Waals surface area contributed by atoms with Gasteiger partial charge in [0.05, 0.1) is 17.2 Å². The first-order chi connectivity index (χ1) is 10.1. The van der Waals surface area contributed by atoms with Crippen LogP contribution in [0.4, 0.5) is 5.82 Å². The Kier molecular flexibility index (Phi) is 3.51. The molecule has 1 aliphatic rings. The standard InChI is InChI=1S/C16H20N4O/c1-10-9-20(7-6-14(10)21)16-12(15(17)18)8-11-4-2-3-5-13(11)19-16/h2-5,8,10,14,21H,6-7,9H2,1H3,(H3,17,18). The molecule has 0 bridgehead atoms. The summed E-state index contributed by atoms with van der Waals surface area (Å²) in [6, 6.07) is 9.77. The van der Waals surface area contributed by atoms with Gasteiger partial charge in [0, 0.05) is 18.5 Å². The van der Waals surface area contributed by atoms with Gasteiger partial charge in [0.25, 0.3) is 0 Å². The lowest BCUT2D eigenvalue weighted by Gasteiger charge is -2.36. The number of aliphatic hydroxyl groups is 1. The van der Waals surface area contributed by atoms with Gasteiger partial charge in [-0.1, -0.05) is 25.1 Å². The van der Waals surface area contributed by atoms with Gasteiger partial charge in [-0.2, -0.15) is 0 Å². The maximum Gasteiger partial charge on any atom is 0.140 e. The van der Waals surface area contributed by atoms with Gasteiger partial charge in [0.2, 0.25) is 0 Å². The molecule has 2 unspecified atom stereocenters. The van der Waals surface area contributed by atoms with Crippen LogP contribution in [0.25, 0.3) is 10.9 Å². The number of aromatic nitrogens is 1. The van der Waals surface area contributed by atoms with Crippen molar-refractivity contribution in [2.75, 3.05) is 18.0 Å². The lowest BCUT2D eigenvalue weighted by molar-refractivity contribution is 0.0969. The van der Waals surface area contributed by atoms with Crippen LogP contribution in [-0.4, -0.2) is 35.1 Å². The smallest absolute Gasteiger partial charge is 0.140 e. The Hall–Kier alpha value is -2.14. The second kappa shape index (κ2) is 5.33. The zero-order valence-electron chi connectivity index (χ0n) is 12.1. The zero-order chi connectivity index (χ0) is 15.0. The molecule has 0 amide bonds. The number of nitrogen functional groups attached to an aromatic ring is 1. The number of rotatable bonds is 2. The van der Waals surface area contributed by atoms with Crippen LogP contribution in [0, 0.1) is 11.3 Å². The monoisotopic (exact) mass is 284 g/mol. The Balaban J connectivity index is 2.07. The third-order valence-corrected chi connectivity index (χ3v) is 4.15. The Morgan fingerprint density at radius 2 is 2.19 bits per heavy atom. The summed E-state index contributed by atoms with van der Waals surface area (Å²) < 4.78 is 0. The molecule has 0 spiro atoms. The average molecular weight is 284 g/mol. The normalized spacial score (nSPS) is 22.5. The maximum absolute atomic E-state index is 9.88. The van der Waals surface area contributed by atoms with Crippen LogP contribution < -0.4 is 10.6 Å². The highest BCUT2D eigenvalue weighted by atomic mass is 16.3. The molecule has 1 saturated heterocycles. The summed E-state index contributed by atoms with van der Waals surface area (Å²) in [6.07, 6.45) is 0.454. The fourth-order valence-corrected chi connectivity index (χ4v) is 2.87. The first-order valence-electron chi connectivity index (χ1n) is 7.23. The predicted octanol–water partition coefficient (Wildman–Crippen LogP) is 1.73. The van der Waals surface area contributed by atoms with Crippen LogP contribution in [0.2, 0.25) is 0 Å². The van der Waals surface area contributed by atoms with E-state index in [4.69, 9.17) is 16.1 Å². The summed E-state index contributed by atoms with van der Waals surface area (Å²) >= 11 is 0. The molecule has 1 fully saturated rings. The summed E-state index contributed by atoms with van der Waals surface area (Å²) in [7, 11) is 0. The van der Waals surface area contributed by atoms with Gasteiger partial charge in [0.1, 0.15) is 11.7 Å². The molecule has 2 atom stereocenters. The minimum absolute atomic E-state index is 0.0297. The van der Waals surface area contributed by atoms with Crippen molar-refractivity contribution in [1.29, 1.82) is 5.41 Å². The number of pyridine rings is 1. The highest BCUT2D eigenvalue weighted by Gasteiger charge is 2.27. The number of aliphatic hydroxyl groups excluding tert-OH is 1. The Morgan fingerprint density at radius 1 is 1.43 bits per heavy atom. The number of hydrogen-bond acceptors (Lipinski definition) is 4. The van der Waals surface area contributed by atoms with E-state index in [9.17, 15) is 5.11 Å². The zero-order valence-corrected chi connectivity index (χ0v) is 12.1. The molecule has 1 aromatic heterocycles. The molecule has 1 aromatic carbocycles. The molecule has 2 aromatic rings. The summed E-state index contributed by atoms with van der Waals surface area (Å²) in [4.78, 5) is 6.83. The topological polar surface area (TPSA) is 86.2 Å². The van der Waals surface area contributed by atoms with E-state index in [1.807, 2.05) is 37.3 Å². The number of benzene rings is 1. The Bertz CT molecular complexity index is 685. The molecule has 2 heterocycles. The van der Waals surface area contributed by atoms with Crippen molar-refractivity contribution in [3.05, 3.63) is 35.9 Å². The molecular formula is C16H20N4O. The third-order valence-electron chi connectivity index (χ3n) is 4.15. The molecule has 3 rings (SSSR count). The third kappa shape index (κ3) is 2.56. The number of para-hydroxylation sites is 1. The Labute approximate surface area is 123 Å². The molecule has 110 valence electrons. The highest BCUT2D eigenvalue weighted by molar-refractivity contribution is 6.03. The van der Waals surface area contributed by atoms with E-state index in [1.54, 1.807) is 0 Å². The van der Waals surface area contributed by atoms with Crippen LogP contribution in [0.1, 0.15) is 18.9 Å². The van der Waals surface area contributed by atoms with Gasteiger partial charge in [-0.05, 0) is 24.5 Å². The van der Waals surface area contributed by atoms with Crippen molar-refractivity contribution in [1.82, 2.24) is 4.98 Å². The fourth-order valence-electron chi connectivity index (χ4n) is 2.87. The van der Waals surface area contributed by atoms with Gasteiger partial charge in [-0.25, -0.2) is 4.98 Å². The minimum atomic E-state index is -0.262. The lowest BCUT2D eigenvalue weighted by Crippen LogP contribution is -2.43. The van der Waals surface area contributed by atoms with Crippen molar-refractivity contribution in [2.45, 2.75) is 19.4 Å². The molecule has 0 saturated carbocycles. The quantitative estimate of drug-likeness (QED) is 0.579. The SMILES string of the molecule is CC1CN(c2nc3ccccc3cc2C(=N)N)CCC1O. The molecule has 5 nitrogen and oxygen atoms in total. The van der Waals surface area contributed by atoms with E-state index in [-0.39, 0.29) is 17.9 Å². The fraction of sp³-hybridized carbons (Fsp3) is 0.375. The number of amidine groups is 1. The number of nitrogens with zero attached hydrogens (tertiary/aromatic N) is 2. The first-order valence-corrected chi connectivity index (χ1v) is 7.23. The largest absolute Gasteiger partial charge is 0.393 e. The van der Waals surface area contributed by atoms with Crippen LogP contribution >= 0.6 is 0 Å². The maximum atomic E-state index is 9.88. The van der Waals surface area contributed by atoms with Crippen LogP contribution in [0.5, 0.6) is 0 Å². The van der Waals surface area contributed by atoms with Crippen molar-refractivity contribution in [3.63, 3.8) is 0 Å². The van der Waals surface area contributed by atoms with Gasteiger partial charge in [-0.15, -0.1) is 0 Å². The van der Waals surface area contributed by atoms with E-state index < -0.39 is 0 Å². The number of hydrogen-bond donors (Lipinski definition) is 3. The highest BCUT2D eigenvalue weighted by Crippen LogP contribution is 2.27. The van der Waals surface area contributed by atoms with Gasteiger partial charge >= 0.3 is 0 Å². The van der Waals surface area contributed by atoms with E-state index >= 15 is 0 Å². The van der Waals surface area contributed by atoms with E-state index in [1.165, 1.54) is 0 Å². The predicted molar refractivity (Wildman–Crippen MR) is 84.8 cm³/mol. The molecular weight excluding hydrogens is 264 g/mol. The second-order valence-corrected chi connectivity index (χ2v) is 5.75. The van der Waals surface area contributed by atoms with E-state index in [0.29, 0.717) is 12.0 Å². The van der Waals surface area contributed by atoms with Crippen molar-refractivity contribution in [3.8, 4) is 0 Å². The van der Waals surface area contributed by atoms with E-state index in [2.05, 4.69) is 4.90 Å². The number of fused-ring (bicyclic) bond motifs is 1.